The molecular formula is C16H19N3O4. The summed E-state index contributed by atoms with van der Waals surface area (Å²) in [5.74, 6) is -0.233. The molecule has 0 atom stereocenters. The van der Waals surface area contributed by atoms with Gasteiger partial charge in [-0.1, -0.05) is 30.3 Å². The fourth-order valence-electron chi connectivity index (χ4n) is 3.42. The van der Waals surface area contributed by atoms with Gasteiger partial charge in [-0.15, -0.1) is 0 Å². The highest BCUT2D eigenvalue weighted by Crippen LogP contribution is 2.37. The highest BCUT2D eigenvalue weighted by molar-refractivity contribution is 6.06. The van der Waals surface area contributed by atoms with Gasteiger partial charge >= 0.3 is 12.1 Å². The van der Waals surface area contributed by atoms with E-state index in [1.807, 2.05) is 30.3 Å². The molecule has 2 aliphatic heterocycles. The normalized spacial score (nSPS) is 20.5. The van der Waals surface area contributed by atoms with Crippen LogP contribution in [0.3, 0.4) is 0 Å². The van der Waals surface area contributed by atoms with Crippen molar-refractivity contribution < 1.29 is 19.5 Å². The molecule has 1 aromatic carbocycles. The van der Waals surface area contributed by atoms with E-state index < -0.39 is 11.6 Å². The van der Waals surface area contributed by atoms with Crippen molar-refractivity contribution in [3.05, 3.63) is 35.9 Å². The predicted octanol–water partition coefficient (Wildman–Crippen LogP) is 1.59. The van der Waals surface area contributed by atoms with E-state index >= 15 is 0 Å². The summed E-state index contributed by atoms with van der Waals surface area (Å²) in [6.07, 6.45) is -0.318. The third-order valence-electron chi connectivity index (χ3n) is 4.78. The van der Waals surface area contributed by atoms with E-state index in [9.17, 15) is 14.4 Å². The number of imide groups is 1. The van der Waals surface area contributed by atoms with Crippen molar-refractivity contribution in [3.63, 3.8) is 0 Å². The van der Waals surface area contributed by atoms with E-state index in [1.165, 1.54) is 11.9 Å². The first-order valence-electron chi connectivity index (χ1n) is 7.57. The fraction of sp³-hybridized carbons (Fsp3) is 0.438. The van der Waals surface area contributed by atoms with Gasteiger partial charge in [0, 0.05) is 26.7 Å². The van der Waals surface area contributed by atoms with E-state index in [4.69, 9.17) is 5.11 Å². The van der Waals surface area contributed by atoms with Crippen LogP contribution in [-0.2, 0) is 11.3 Å². The number of carbonyl (C=O) groups is 3. The second-order valence-electron chi connectivity index (χ2n) is 6.02. The molecule has 2 heterocycles. The van der Waals surface area contributed by atoms with Gasteiger partial charge in [0.1, 0.15) is 5.54 Å². The first-order chi connectivity index (χ1) is 11.0. The lowest BCUT2D eigenvalue weighted by Gasteiger charge is -2.41. The molecule has 0 aliphatic carbocycles. The molecule has 0 saturated carbocycles. The van der Waals surface area contributed by atoms with Gasteiger partial charge in [0.05, 0.1) is 0 Å². The van der Waals surface area contributed by atoms with Gasteiger partial charge in [-0.25, -0.2) is 9.59 Å². The number of rotatable bonds is 2. The number of likely N-dealkylation sites (tertiary alicyclic amines) is 1. The molecule has 7 heteroatoms. The Labute approximate surface area is 134 Å². The number of amides is 4. The minimum atomic E-state index is -0.986. The minimum absolute atomic E-state index is 0.233. The Morgan fingerprint density at radius 2 is 1.78 bits per heavy atom. The maximum Gasteiger partial charge on any atom is 0.407 e. The summed E-state index contributed by atoms with van der Waals surface area (Å²) in [5, 5.41) is 9.09. The topological polar surface area (TPSA) is 81.2 Å². The summed E-state index contributed by atoms with van der Waals surface area (Å²) in [6.45, 7) is 0.865. The molecule has 1 N–H and O–H groups in total. The SMILES string of the molecule is CN1C(=O)N(Cc2ccccc2)C2(CCN(C(=O)O)CC2)C1=O. The van der Waals surface area contributed by atoms with Gasteiger partial charge in [0.25, 0.3) is 5.91 Å². The van der Waals surface area contributed by atoms with Crippen LogP contribution in [0.1, 0.15) is 18.4 Å². The number of carboxylic acid groups (broad SMARTS) is 1. The van der Waals surface area contributed by atoms with Crippen LogP contribution in [0, 0.1) is 0 Å². The van der Waals surface area contributed by atoms with Crippen molar-refractivity contribution in [2.24, 2.45) is 0 Å². The molecule has 4 amide bonds. The van der Waals surface area contributed by atoms with E-state index in [2.05, 4.69) is 0 Å². The van der Waals surface area contributed by atoms with Crippen molar-refractivity contribution in [2.45, 2.75) is 24.9 Å². The molecule has 0 unspecified atom stereocenters. The smallest absolute Gasteiger partial charge is 0.407 e. The number of nitrogens with zero attached hydrogens (tertiary/aromatic N) is 3. The first-order valence-corrected chi connectivity index (χ1v) is 7.57. The van der Waals surface area contributed by atoms with E-state index in [1.54, 1.807) is 4.90 Å². The lowest BCUT2D eigenvalue weighted by molar-refractivity contribution is -0.134. The Morgan fingerprint density at radius 1 is 1.17 bits per heavy atom. The highest BCUT2D eigenvalue weighted by atomic mass is 16.4. The third-order valence-corrected chi connectivity index (χ3v) is 4.78. The van der Waals surface area contributed by atoms with Crippen molar-refractivity contribution in [2.75, 3.05) is 20.1 Å². The van der Waals surface area contributed by atoms with Crippen molar-refractivity contribution in [1.82, 2.24) is 14.7 Å². The van der Waals surface area contributed by atoms with Crippen LogP contribution < -0.4 is 0 Å². The Balaban J connectivity index is 1.88. The summed E-state index contributed by atoms with van der Waals surface area (Å²) in [4.78, 5) is 40.3. The van der Waals surface area contributed by atoms with Crippen LogP contribution in [-0.4, -0.2) is 63.5 Å². The van der Waals surface area contributed by atoms with Crippen LogP contribution in [0.15, 0.2) is 30.3 Å². The fourth-order valence-corrected chi connectivity index (χ4v) is 3.42. The van der Waals surface area contributed by atoms with E-state index in [0.29, 0.717) is 19.4 Å². The van der Waals surface area contributed by atoms with Crippen LogP contribution in [0.5, 0.6) is 0 Å². The van der Waals surface area contributed by atoms with Crippen LogP contribution in [0.2, 0.25) is 0 Å². The van der Waals surface area contributed by atoms with Crippen molar-refractivity contribution in [3.8, 4) is 0 Å². The lowest BCUT2D eigenvalue weighted by Crippen LogP contribution is -2.56. The van der Waals surface area contributed by atoms with E-state index in [-0.39, 0.29) is 25.0 Å². The Bertz CT molecular complexity index is 638. The van der Waals surface area contributed by atoms with Gasteiger partial charge in [0.15, 0.2) is 0 Å². The Morgan fingerprint density at radius 3 is 2.35 bits per heavy atom. The average Bonchev–Trinajstić information content (AvgIpc) is 2.73. The molecule has 0 radical (unpaired) electrons. The quantitative estimate of drug-likeness (QED) is 0.840. The molecule has 23 heavy (non-hydrogen) atoms. The monoisotopic (exact) mass is 317 g/mol. The molecule has 122 valence electrons. The average molecular weight is 317 g/mol. The maximum atomic E-state index is 12.7. The Kier molecular flexibility index (Phi) is 3.71. The number of piperidine rings is 1. The number of likely N-dealkylation sites (N-methyl/N-ethyl adjacent to an activating group) is 1. The lowest BCUT2D eigenvalue weighted by atomic mass is 9.85. The van der Waals surface area contributed by atoms with Gasteiger partial charge in [0.2, 0.25) is 0 Å². The molecule has 3 rings (SSSR count). The Hall–Kier alpha value is -2.57. The molecule has 2 fully saturated rings. The molecular weight excluding hydrogens is 298 g/mol. The number of hydrogen-bond acceptors (Lipinski definition) is 3. The van der Waals surface area contributed by atoms with Crippen LogP contribution in [0.25, 0.3) is 0 Å². The number of hydrogen-bond donors (Lipinski definition) is 1. The molecule has 2 aliphatic rings. The number of carbonyl (C=O) groups excluding carboxylic acids is 2. The number of urea groups is 1. The van der Waals surface area contributed by atoms with Gasteiger partial charge in [-0.2, -0.15) is 0 Å². The first kappa shape index (κ1) is 15.3. The molecule has 7 nitrogen and oxygen atoms in total. The van der Waals surface area contributed by atoms with Crippen LogP contribution >= 0.6 is 0 Å². The van der Waals surface area contributed by atoms with Gasteiger partial charge < -0.3 is 14.9 Å². The zero-order valence-corrected chi connectivity index (χ0v) is 12.9. The summed E-state index contributed by atoms with van der Waals surface area (Å²) in [7, 11) is 1.49. The van der Waals surface area contributed by atoms with Crippen molar-refractivity contribution in [1.29, 1.82) is 0 Å². The van der Waals surface area contributed by atoms with Gasteiger partial charge in [-0.3, -0.25) is 9.69 Å². The molecule has 2 saturated heterocycles. The second-order valence-corrected chi connectivity index (χ2v) is 6.02. The molecule has 0 aromatic heterocycles. The van der Waals surface area contributed by atoms with E-state index in [0.717, 1.165) is 10.5 Å². The molecule has 0 bridgehead atoms. The predicted molar refractivity (Wildman–Crippen MR) is 81.7 cm³/mol. The summed E-state index contributed by atoms with van der Waals surface area (Å²) in [5.41, 5.74) is 0.0251. The maximum absolute atomic E-state index is 12.7. The largest absolute Gasteiger partial charge is 0.465 e. The van der Waals surface area contributed by atoms with Gasteiger partial charge in [-0.05, 0) is 18.4 Å². The standard InChI is InChI=1S/C16H19N3O4/c1-17-13(20)16(7-9-18(10-8-16)15(22)23)19(14(17)21)11-12-5-3-2-4-6-12/h2-6H,7-11H2,1H3,(H,22,23). The van der Waals surface area contributed by atoms with Crippen LogP contribution in [0.4, 0.5) is 9.59 Å². The van der Waals surface area contributed by atoms with Crippen molar-refractivity contribution >= 4 is 18.0 Å². The summed E-state index contributed by atoms with van der Waals surface area (Å²) >= 11 is 0. The summed E-state index contributed by atoms with van der Waals surface area (Å²) in [6, 6.07) is 9.19. The highest BCUT2D eigenvalue weighted by Gasteiger charge is 2.57. The zero-order chi connectivity index (χ0) is 16.6. The zero-order valence-electron chi connectivity index (χ0n) is 12.9. The molecule has 1 aromatic rings. The second kappa shape index (κ2) is 5.57. The number of benzene rings is 1. The third kappa shape index (κ3) is 2.42. The summed E-state index contributed by atoms with van der Waals surface area (Å²) < 4.78 is 0. The minimum Gasteiger partial charge on any atom is -0.465 e. The molecule has 1 spiro atoms.